The topological polar surface area (TPSA) is 62.7 Å². The van der Waals surface area contributed by atoms with Gasteiger partial charge >= 0.3 is 6.09 Å². The van der Waals surface area contributed by atoms with Crippen LogP contribution in [0.1, 0.15) is 10.5 Å². The third-order valence-corrected chi connectivity index (χ3v) is 2.93. The van der Waals surface area contributed by atoms with Crippen molar-refractivity contribution >= 4 is 12.0 Å². The Hall–Kier alpha value is -2.18. The average Bonchev–Trinajstić information content (AvgIpc) is 2.46. The van der Waals surface area contributed by atoms with Crippen LogP contribution in [-0.4, -0.2) is 60.1 Å². The number of methoxy groups -OCH3 is 1. The van der Waals surface area contributed by atoms with Crippen LogP contribution in [0.2, 0.25) is 0 Å². The lowest BCUT2D eigenvalue weighted by Crippen LogP contribution is -2.50. The highest BCUT2D eigenvalue weighted by Gasteiger charge is 2.25. The second-order valence-corrected chi connectivity index (χ2v) is 4.09. The summed E-state index contributed by atoms with van der Waals surface area (Å²) < 4.78 is 17.6. The highest BCUT2D eigenvalue weighted by Crippen LogP contribution is 2.08. The summed E-state index contributed by atoms with van der Waals surface area (Å²) in [7, 11) is 1.32. The van der Waals surface area contributed by atoms with Gasteiger partial charge in [0, 0.05) is 26.2 Å². The monoisotopic (exact) mass is 267 g/mol. The van der Waals surface area contributed by atoms with Crippen LogP contribution >= 0.6 is 0 Å². The number of piperazine rings is 1. The smallest absolute Gasteiger partial charge is 0.409 e. The molecule has 19 heavy (non-hydrogen) atoms. The second kappa shape index (κ2) is 5.64. The Labute approximate surface area is 109 Å². The molecule has 1 aromatic rings. The van der Waals surface area contributed by atoms with Crippen LogP contribution in [0.3, 0.4) is 0 Å². The highest BCUT2D eigenvalue weighted by molar-refractivity contribution is 5.92. The lowest BCUT2D eigenvalue weighted by Gasteiger charge is -2.33. The van der Waals surface area contributed by atoms with Crippen LogP contribution in [0, 0.1) is 5.95 Å². The Kier molecular flexibility index (Phi) is 3.94. The minimum atomic E-state index is -0.681. The molecule has 0 aliphatic carbocycles. The van der Waals surface area contributed by atoms with Crippen LogP contribution < -0.4 is 0 Å². The van der Waals surface area contributed by atoms with Gasteiger partial charge in [-0.1, -0.05) is 6.07 Å². The third-order valence-electron chi connectivity index (χ3n) is 2.93. The van der Waals surface area contributed by atoms with Gasteiger partial charge in [0.25, 0.3) is 5.91 Å². The molecule has 0 bridgehead atoms. The summed E-state index contributed by atoms with van der Waals surface area (Å²) in [6.45, 7) is 1.56. The molecular weight excluding hydrogens is 253 g/mol. The zero-order valence-electron chi connectivity index (χ0n) is 10.5. The number of carbonyl (C=O) groups is 2. The Morgan fingerprint density at radius 3 is 2.42 bits per heavy atom. The first-order valence-corrected chi connectivity index (χ1v) is 5.86. The highest BCUT2D eigenvalue weighted by atomic mass is 19.1. The number of amides is 2. The van der Waals surface area contributed by atoms with E-state index in [4.69, 9.17) is 0 Å². The number of hydrogen-bond donors (Lipinski definition) is 0. The molecule has 2 amide bonds. The molecule has 0 radical (unpaired) electrons. The van der Waals surface area contributed by atoms with Gasteiger partial charge in [-0.2, -0.15) is 4.39 Å². The zero-order chi connectivity index (χ0) is 13.8. The summed E-state index contributed by atoms with van der Waals surface area (Å²) in [6.07, 6.45) is -0.407. The Balaban J connectivity index is 1.98. The minimum absolute atomic E-state index is 0.0755. The number of ether oxygens (including phenoxy) is 1. The summed E-state index contributed by atoms with van der Waals surface area (Å²) in [5.41, 5.74) is 0.0755. The van der Waals surface area contributed by atoms with Crippen LogP contribution in [-0.2, 0) is 4.74 Å². The van der Waals surface area contributed by atoms with Crippen LogP contribution in [0.4, 0.5) is 9.18 Å². The summed E-state index contributed by atoms with van der Waals surface area (Å²) >= 11 is 0. The molecule has 1 saturated heterocycles. The fourth-order valence-electron chi connectivity index (χ4n) is 1.91. The van der Waals surface area contributed by atoms with Crippen molar-refractivity contribution in [3.63, 3.8) is 0 Å². The molecule has 1 fully saturated rings. The van der Waals surface area contributed by atoms with E-state index >= 15 is 0 Å². The molecule has 1 aliphatic rings. The standard InChI is InChI=1S/C12H14FN3O3/c1-19-12(18)16-7-5-15(6-8-16)11(17)9-3-2-4-10(13)14-9/h2-4H,5-8H2,1H3. The summed E-state index contributed by atoms with van der Waals surface area (Å²) in [5.74, 6) is -1.01. The van der Waals surface area contributed by atoms with E-state index in [1.807, 2.05) is 0 Å². The van der Waals surface area contributed by atoms with Crippen molar-refractivity contribution in [1.82, 2.24) is 14.8 Å². The number of pyridine rings is 1. The van der Waals surface area contributed by atoms with E-state index in [9.17, 15) is 14.0 Å². The van der Waals surface area contributed by atoms with Crippen LogP contribution in [0.25, 0.3) is 0 Å². The Morgan fingerprint density at radius 1 is 1.21 bits per heavy atom. The fraction of sp³-hybridized carbons (Fsp3) is 0.417. The maximum absolute atomic E-state index is 13.0. The van der Waals surface area contributed by atoms with Crippen molar-refractivity contribution in [2.75, 3.05) is 33.3 Å². The lowest BCUT2D eigenvalue weighted by atomic mass is 10.2. The van der Waals surface area contributed by atoms with Crippen LogP contribution in [0.15, 0.2) is 18.2 Å². The molecule has 0 unspecified atom stereocenters. The predicted molar refractivity (Wildman–Crippen MR) is 64.1 cm³/mol. The molecule has 102 valence electrons. The number of rotatable bonds is 1. The van der Waals surface area contributed by atoms with E-state index in [2.05, 4.69) is 9.72 Å². The minimum Gasteiger partial charge on any atom is -0.453 e. The molecule has 2 rings (SSSR count). The van der Waals surface area contributed by atoms with Gasteiger partial charge in [0.15, 0.2) is 0 Å². The molecule has 6 nitrogen and oxygen atoms in total. The van der Waals surface area contributed by atoms with Crippen molar-refractivity contribution in [3.05, 3.63) is 29.8 Å². The maximum Gasteiger partial charge on any atom is 0.409 e. The summed E-state index contributed by atoms with van der Waals surface area (Å²) in [4.78, 5) is 30.0. The number of aromatic nitrogens is 1. The molecule has 0 spiro atoms. The van der Waals surface area contributed by atoms with Crippen molar-refractivity contribution in [2.24, 2.45) is 0 Å². The third kappa shape index (κ3) is 2.98. The first kappa shape index (κ1) is 13.3. The molecular formula is C12H14FN3O3. The number of carbonyl (C=O) groups excluding carboxylic acids is 2. The molecule has 0 aromatic carbocycles. The van der Waals surface area contributed by atoms with E-state index in [0.717, 1.165) is 0 Å². The normalized spacial score (nSPS) is 15.3. The van der Waals surface area contributed by atoms with Gasteiger partial charge in [0.05, 0.1) is 7.11 Å². The zero-order valence-corrected chi connectivity index (χ0v) is 10.5. The predicted octanol–water partition coefficient (Wildman–Crippen LogP) is 0.745. The first-order valence-electron chi connectivity index (χ1n) is 5.86. The molecule has 1 aliphatic heterocycles. The van der Waals surface area contributed by atoms with Gasteiger partial charge in [-0.15, -0.1) is 0 Å². The molecule has 2 heterocycles. The Morgan fingerprint density at radius 2 is 1.84 bits per heavy atom. The van der Waals surface area contributed by atoms with E-state index in [0.29, 0.717) is 26.2 Å². The number of halogens is 1. The first-order chi connectivity index (χ1) is 9.11. The largest absolute Gasteiger partial charge is 0.453 e. The quantitative estimate of drug-likeness (QED) is 0.704. The van der Waals surface area contributed by atoms with E-state index in [1.54, 1.807) is 4.90 Å². The van der Waals surface area contributed by atoms with E-state index < -0.39 is 12.0 Å². The van der Waals surface area contributed by atoms with Crippen molar-refractivity contribution in [3.8, 4) is 0 Å². The van der Waals surface area contributed by atoms with Crippen molar-refractivity contribution in [1.29, 1.82) is 0 Å². The number of nitrogens with zero attached hydrogens (tertiary/aromatic N) is 3. The van der Waals surface area contributed by atoms with Crippen LogP contribution in [0.5, 0.6) is 0 Å². The average molecular weight is 267 g/mol. The second-order valence-electron chi connectivity index (χ2n) is 4.09. The van der Waals surface area contributed by atoms with Gasteiger partial charge in [-0.25, -0.2) is 9.78 Å². The fourth-order valence-corrected chi connectivity index (χ4v) is 1.91. The van der Waals surface area contributed by atoms with Gasteiger partial charge < -0.3 is 14.5 Å². The molecule has 0 saturated carbocycles. The Bertz CT molecular complexity index is 487. The molecule has 0 atom stereocenters. The SMILES string of the molecule is COC(=O)N1CCN(C(=O)c2cccc(F)n2)CC1. The van der Waals surface area contributed by atoms with E-state index in [-0.39, 0.29) is 11.6 Å². The summed E-state index contributed by atoms with van der Waals surface area (Å²) in [5, 5.41) is 0. The van der Waals surface area contributed by atoms with Gasteiger partial charge in [-0.05, 0) is 12.1 Å². The van der Waals surface area contributed by atoms with Gasteiger partial charge in [0.2, 0.25) is 5.95 Å². The van der Waals surface area contributed by atoms with Crippen molar-refractivity contribution < 1.29 is 18.7 Å². The summed E-state index contributed by atoms with van der Waals surface area (Å²) in [6, 6.07) is 4.10. The number of hydrogen-bond acceptors (Lipinski definition) is 4. The maximum atomic E-state index is 13.0. The molecule has 7 heteroatoms. The van der Waals surface area contributed by atoms with E-state index in [1.165, 1.54) is 30.2 Å². The van der Waals surface area contributed by atoms with Gasteiger partial charge in [0.1, 0.15) is 5.69 Å². The molecule has 1 aromatic heterocycles. The molecule has 0 N–H and O–H groups in total. The van der Waals surface area contributed by atoms with Gasteiger partial charge in [-0.3, -0.25) is 4.79 Å². The lowest BCUT2D eigenvalue weighted by molar-refractivity contribution is 0.0593. The van der Waals surface area contributed by atoms with Crippen molar-refractivity contribution in [2.45, 2.75) is 0 Å².